The summed E-state index contributed by atoms with van der Waals surface area (Å²) < 4.78 is 60.2. The smallest absolute Gasteiger partial charge is 0.167 e. The first kappa shape index (κ1) is 26.0. The van der Waals surface area contributed by atoms with E-state index in [-0.39, 0.29) is 23.1 Å². The Labute approximate surface area is 218 Å². The number of halogens is 4. The fourth-order valence-corrected chi connectivity index (χ4v) is 6.50. The third-order valence-corrected chi connectivity index (χ3v) is 8.56. The maximum absolute atomic E-state index is 15.3. The van der Waals surface area contributed by atoms with Crippen LogP contribution in [0.4, 0.5) is 17.6 Å². The van der Waals surface area contributed by atoms with E-state index in [0.29, 0.717) is 41.0 Å². The standard InChI is InChI=1S/C33H36F4/c1-3-5-6-8-20-9-11-21(12-10-20)22-13-15-23(16-14-22)27-19-26-18-25-17-24(7-4-2)30(34)32(36)28(25)29(26)33(37)31(27)35/h13-17,19-21H,3-12,18H2,1-2H3. The molecule has 0 N–H and O–H groups in total. The van der Waals surface area contributed by atoms with Crippen molar-refractivity contribution in [1.29, 1.82) is 0 Å². The maximum Gasteiger partial charge on any atom is 0.167 e. The normalized spacial score (nSPS) is 18.6. The van der Waals surface area contributed by atoms with Crippen molar-refractivity contribution in [2.75, 3.05) is 0 Å². The summed E-state index contributed by atoms with van der Waals surface area (Å²) in [6, 6.07) is 11.1. The first-order chi connectivity index (χ1) is 17.9. The molecule has 0 radical (unpaired) electrons. The average molecular weight is 509 g/mol. The van der Waals surface area contributed by atoms with Gasteiger partial charge in [0, 0.05) is 16.7 Å². The van der Waals surface area contributed by atoms with E-state index in [2.05, 4.69) is 6.92 Å². The molecule has 1 saturated carbocycles. The van der Waals surface area contributed by atoms with Crippen LogP contribution in [0.3, 0.4) is 0 Å². The highest BCUT2D eigenvalue weighted by Crippen LogP contribution is 2.45. The molecule has 4 heteroatoms. The van der Waals surface area contributed by atoms with Crippen molar-refractivity contribution < 1.29 is 17.6 Å². The lowest BCUT2D eigenvalue weighted by molar-refractivity contribution is 0.303. The summed E-state index contributed by atoms with van der Waals surface area (Å²) in [6.07, 6.45) is 11.5. The summed E-state index contributed by atoms with van der Waals surface area (Å²) in [6.45, 7) is 4.14. The predicted octanol–water partition coefficient (Wildman–Crippen LogP) is 10.3. The topological polar surface area (TPSA) is 0 Å². The Morgan fingerprint density at radius 2 is 1.35 bits per heavy atom. The number of benzene rings is 3. The Hall–Kier alpha value is -2.62. The quantitative estimate of drug-likeness (QED) is 0.164. The molecule has 5 rings (SSSR count). The lowest BCUT2D eigenvalue weighted by atomic mass is 9.77. The van der Waals surface area contributed by atoms with Crippen molar-refractivity contribution >= 4 is 0 Å². The zero-order chi connectivity index (χ0) is 26.1. The van der Waals surface area contributed by atoms with Crippen molar-refractivity contribution in [2.24, 2.45) is 5.92 Å². The number of fused-ring (bicyclic) bond motifs is 3. The summed E-state index contributed by atoms with van der Waals surface area (Å²) in [4.78, 5) is 0. The molecule has 0 aliphatic heterocycles. The number of rotatable bonds is 8. The highest BCUT2D eigenvalue weighted by molar-refractivity contribution is 5.82. The van der Waals surface area contributed by atoms with Gasteiger partial charge in [0.2, 0.25) is 0 Å². The Kier molecular flexibility index (Phi) is 7.74. The highest BCUT2D eigenvalue weighted by Gasteiger charge is 2.32. The van der Waals surface area contributed by atoms with Gasteiger partial charge in [0.1, 0.15) is 0 Å². The summed E-state index contributed by atoms with van der Waals surface area (Å²) in [5.41, 5.74) is 3.08. The molecule has 196 valence electrons. The second kappa shape index (κ2) is 11.0. The average Bonchev–Trinajstić information content (AvgIpc) is 3.28. The Morgan fingerprint density at radius 1 is 0.703 bits per heavy atom. The summed E-state index contributed by atoms with van der Waals surface area (Å²) >= 11 is 0. The van der Waals surface area contributed by atoms with E-state index in [4.69, 9.17) is 0 Å². The van der Waals surface area contributed by atoms with E-state index in [9.17, 15) is 8.78 Å². The van der Waals surface area contributed by atoms with Crippen LogP contribution in [0.1, 0.15) is 99.8 Å². The minimum atomic E-state index is -1.10. The molecule has 0 atom stereocenters. The second-order valence-electron chi connectivity index (χ2n) is 11.0. The van der Waals surface area contributed by atoms with Gasteiger partial charge in [-0.3, -0.25) is 0 Å². The van der Waals surface area contributed by atoms with Gasteiger partial charge in [-0.15, -0.1) is 0 Å². The molecule has 1 fully saturated rings. The van der Waals surface area contributed by atoms with Crippen LogP contribution >= 0.6 is 0 Å². The number of hydrogen-bond acceptors (Lipinski definition) is 0. The van der Waals surface area contributed by atoms with Gasteiger partial charge in [-0.25, -0.2) is 17.6 Å². The molecule has 3 aromatic rings. The molecule has 0 unspecified atom stereocenters. The molecule has 0 heterocycles. The van der Waals surface area contributed by atoms with Crippen LogP contribution in [-0.4, -0.2) is 0 Å². The van der Waals surface area contributed by atoms with Crippen molar-refractivity contribution in [1.82, 2.24) is 0 Å². The fourth-order valence-electron chi connectivity index (χ4n) is 6.50. The van der Waals surface area contributed by atoms with E-state index in [1.807, 2.05) is 31.2 Å². The minimum absolute atomic E-state index is 0.129. The molecule has 0 bridgehead atoms. The molecule has 0 nitrogen and oxygen atoms in total. The van der Waals surface area contributed by atoms with E-state index >= 15 is 8.78 Å². The van der Waals surface area contributed by atoms with Crippen LogP contribution in [0.25, 0.3) is 22.3 Å². The van der Waals surface area contributed by atoms with Crippen molar-refractivity contribution in [3.05, 3.63) is 81.9 Å². The van der Waals surface area contributed by atoms with Gasteiger partial charge in [-0.2, -0.15) is 0 Å². The molecule has 2 aliphatic carbocycles. The van der Waals surface area contributed by atoms with E-state index in [0.717, 1.165) is 5.92 Å². The molecule has 37 heavy (non-hydrogen) atoms. The molecular formula is C33H36F4. The van der Waals surface area contributed by atoms with Crippen LogP contribution in [0, 0.1) is 29.2 Å². The predicted molar refractivity (Wildman–Crippen MR) is 143 cm³/mol. The Morgan fingerprint density at radius 3 is 2.00 bits per heavy atom. The van der Waals surface area contributed by atoms with E-state index in [1.165, 1.54) is 56.9 Å². The lowest BCUT2D eigenvalue weighted by Crippen LogP contribution is -2.13. The van der Waals surface area contributed by atoms with Gasteiger partial charge in [0.15, 0.2) is 23.3 Å². The molecule has 0 spiro atoms. The lowest BCUT2D eigenvalue weighted by Gasteiger charge is -2.29. The largest absolute Gasteiger partial charge is 0.203 e. The third kappa shape index (κ3) is 4.96. The monoisotopic (exact) mass is 508 g/mol. The van der Waals surface area contributed by atoms with Crippen LogP contribution in [0.15, 0.2) is 36.4 Å². The Bertz CT molecular complexity index is 1270. The zero-order valence-corrected chi connectivity index (χ0v) is 21.9. The highest BCUT2D eigenvalue weighted by atomic mass is 19.2. The van der Waals surface area contributed by atoms with Crippen molar-refractivity contribution in [2.45, 2.75) is 90.4 Å². The Balaban J connectivity index is 1.37. The number of unbranched alkanes of at least 4 members (excludes halogenated alkanes) is 2. The van der Waals surface area contributed by atoms with Gasteiger partial charge >= 0.3 is 0 Å². The minimum Gasteiger partial charge on any atom is -0.203 e. The van der Waals surface area contributed by atoms with Gasteiger partial charge < -0.3 is 0 Å². The molecule has 0 amide bonds. The van der Waals surface area contributed by atoms with E-state index < -0.39 is 23.3 Å². The molecule has 0 aromatic heterocycles. The number of hydrogen-bond donors (Lipinski definition) is 0. The SMILES string of the molecule is CCCCCC1CCC(c2ccc(-c3cc4c(c(F)c3F)-c3c(cc(CCC)c(F)c3F)C4)cc2)CC1. The van der Waals surface area contributed by atoms with Crippen LogP contribution in [0.5, 0.6) is 0 Å². The summed E-state index contributed by atoms with van der Waals surface area (Å²) in [5.74, 6) is -2.78. The van der Waals surface area contributed by atoms with Crippen molar-refractivity contribution in [3.63, 3.8) is 0 Å². The molecule has 2 aliphatic rings. The van der Waals surface area contributed by atoms with Gasteiger partial charge in [-0.05, 0) is 84.2 Å². The second-order valence-corrected chi connectivity index (χ2v) is 11.0. The summed E-state index contributed by atoms with van der Waals surface area (Å²) in [5, 5.41) is 0. The molecular weight excluding hydrogens is 472 g/mol. The zero-order valence-electron chi connectivity index (χ0n) is 21.9. The fraction of sp³-hybridized carbons (Fsp3) is 0.455. The van der Waals surface area contributed by atoms with Crippen molar-refractivity contribution in [3.8, 4) is 22.3 Å². The van der Waals surface area contributed by atoms with Crippen LogP contribution in [-0.2, 0) is 12.8 Å². The van der Waals surface area contributed by atoms with Gasteiger partial charge in [0.05, 0.1) is 0 Å². The van der Waals surface area contributed by atoms with E-state index in [1.54, 1.807) is 12.1 Å². The summed E-state index contributed by atoms with van der Waals surface area (Å²) in [7, 11) is 0. The van der Waals surface area contributed by atoms with Gasteiger partial charge in [-0.1, -0.05) is 76.3 Å². The van der Waals surface area contributed by atoms with Crippen LogP contribution < -0.4 is 0 Å². The third-order valence-electron chi connectivity index (χ3n) is 8.56. The molecule has 0 saturated heterocycles. The first-order valence-electron chi connectivity index (χ1n) is 14.0. The first-order valence-corrected chi connectivity index (χ1v) is 14.0. The van der Waals surface area contributed by atoms with Crippen LogP contribution in [0.2, 0.25) is 0 Å². The molecule has 3 aromatic carbocycles. The maximum atomic E-state index is 15.3. The van der Waals surface area contributed by atoms with Gasteiger partial charge in [0.25, 0.3) is 0 Å². The number of aryl methyl sites for hydroxylation is 1.